The van der Waals surface area contributed by atoms with Gasteiger partial charge in [-0.05, 0) is 36.1 Å². The maximum Gasteiger partial charge on any atom is 0.0767 e. The number of rotatable bonds is 2. The molecule has 2 heterocycles. The van der Waals surface area contributed by atoms with Crippen molar-refractivity contribution >= 4 is 11.4 Å². The lowest BCUT2D eigenvalue weighted by molar-refractivity contribution is 0.122. The lowest BCUT2D eigenvalue weighted by Gasteiger charge is -2.50. The predicted molar refractivity (Wildman–Crippen MR) is 120 cm³/mol. The van der Waals surface area contributed by atoms with Gasteiger partial charge >= 0.3 is 0 Å². The van der Waals surface area contributed by atoms with Crippen LogP contribution in [0.2, 0.25) is 0 Å². The molecule has 2 nitrogen and oxygen atoms in total. The maximum atomic E-state index is 2.74. The summed E-state index contributed by atoms with van der Waals surface area (Å²) >= 11 is 0. The second kappa shape index (κ2) is 6.89. The van der Waals surface area contributed by atoms with Gasteiger partial charge in [-0.2, -0.15) is 0 Å². The minimum atomic E-state index is 0.468. The number of allylic oxidation sites excluding steroid dienone is 4. The molecule has 1 saturated heterocycles. The molecule has 144 valence electrons. The molecule has 0 aromatic heterocycles. The molecule has 3 unspecified atom stereocenters. The van der Waals surface area contributed by atoms with Gasteiger partial charge in [-0.15, -0.1) is 0 Å². The first-order chi connectivity index (χ1) is 14.4. The van der Waals surface area contributed by atoms with Crippen molar-refractivity contribution < 1.29 is 0 Å². The summed E-state index contributed by atoms with van der Waals surface area (Å²) in [6, 6.07) is 18.8. The number of nitrogens with zero attached hydrogens (tertiary/aromatic N) is 2. The molecule has 2 aliphatic carbocycles. The Labute approximate surface area is 173 Å². The van der Waals surface area contributed by atoms with E-state index < -0.39 is 0 Å². The van der Waals surface area contributed by atoms with Gasteiger partial charge in [-0.3, -0.25) is 4.90 Å². The van der Waals surface area contributed by atoms with Gasteiger partial charge in [0, 0.05) is 35.8 Å². The van der Waals surface area contributed by atoms with Crippen LogP contribution in [0, 0.1) is 5.92 Å². The molecule has 0 bridgehead atoms. The highest BCUT2D eigenvalue weighted by molar-refractivity contribution is 5.74. The van der Waals surface area contributed by atoms with Crippen molar-refractivity contribution in [1.29, 1.82) is 0 Å². The van der Waals surface area contributed by atoms with E-state index in [1.807, 2.05) is 0 Å². The lowest BCUT2D eigenvalue weighted by Crippen LogP contribution is -2.55. The van der Waals surface area contributed by atoms with Gasteiger partial charge < -0.3 is 4.90 Å². The van der Waals surface area contributed by atoms with Gasteiger partial charge in [-0.1, -0.05) is 84.5 Å². The molecule has 2 heteroatoms. The predicted octanol–water partition coefficient (Wildman–Crippen LogP) is 5.76. The number of piperidine rings is 1. The van der Waals surface area contributed by atoms with Gasteiger partial charge in [0.05, 0.1) is 6.67 Å². The van der Waals surface area contributed by atoms with Crippen LogP contribution in [-0.2, 0) is 6.42 Å². The Balaban J connectivity index is 1.43. The van der Waals surface area contributed by atoms with Gasteiger partial charge in [0.25, 0.3) is 0 Å². The average Bonchev–Trinajstić information content (AvgIpc) is 2.78. The summed E-state index contributed by atoms with van der Waals surface area (Å²) in [5, 5.41) is 0. The second-order valence-electron chi connectivity index (χ2n) is 8.57. The van der Waals surface area contributed by atoms with E-state index in [4.69, 9.17) is 0 Å². The highest BCUT2D eigenvalue weighted by Gasteiger charge is 2.39. The summed E-state index contributed by atoms with van der Waals surface area (Å²) in [7, 11) is 0. The zero-order chi connectivity index (χ0) is 19.2. The van der Waals surface area contributed by atoms with E-state index >= 15 is 0 Å². The van der Waals surface area contributed by atoms with Gasteiger partial charge in [0.2, 0.25) is 0 Å². The molecule has 0 radical (unpaired) electrons. The molecular formula is C27H26N2. The van der Waals surface area contributed by atoms with Crippen LogP contribution in [0.1, 0.15) is 24.0 Å². The number of fused-ring (bicyclic) bond motifs is 4. The van der Waals surface area contributed by atoms with Crippen LogP contribution in [0.4, 0.5) is 11.4 Å². The van der Waals surface area contributed by atoms with Crippen LogP contribution in [0.25, 0.3) is 0 Å². The minimum Gasteiger partial charge on any atom is -0.327 e. The first kappa shape index (κ1) is 17.1. The fourth-order valence-corrected chi connectivity index (χ4v) is 5.57. The van der Waals surface area contributed by atoms with Crippen molar-refractivity contribution in [3.63, 3.8) is 0 Å². The summed E-state index contributed by atoms with van der Waals surface area (Å²) in [5.41, 5.74) is 7.17. The summed E-state index contributed by atoms with van der Waals surface area (Å²) in [6.45, 7) is 0.920. The number of hydrogen-bond acceptors (Lipinski definition) is 2. The normalized spacial score (nSPS) is 27.0. The van der Waals surface area contributed by atoms with Crippen molar-refractivity contribution in [3.05, 3.63) is 108 Å². The average molecular weight is 379 g/mol. The summed E-state index contributed by atoms with van der Waals surface area (Å²) < 4.78 is 0. The third kappa shape index (κ3) is 2.82. The second-order valence-corrected chi connectivity index (χ2v) is 8.57. The Bertz CT molecular complexity index is 1010. The quantitative estimate of drug-likeness (QED) is 0.656. The molecule has 6 rings (SSSR count). The fraction of sp³-hybridized carbons (Fsp3) is 0.259. The van der Waals surface area contributed by atoms with Crippen molar-refractivity contribution in [3.8, 4) is 0 Å². The lowest BCUT2D eigenvalue weighted by atomic mass is 9.78. The molecule has 0 spiro atoms. The fourth-order valence-electron chi connectivity index (χ4n) is 5.57. The molecule has 29 heavy (non-hydrogen) atoms. The molecule has 1 fully saturated rings. The Morgan fingerprint density at radius 2 is 1.55 bits per heavy atom. The van der Waals surface area contributed by atoms with Gasteiger partial charge in [-0.25, -0.2) is 0 Å². The van der Waals surface area contributed by atoms with E-state index in [1.54, 1.807) is 5.57 Å². The Hall–Kier alpha value is -2.84. The number of hydrogen-bond donors (Lipinski definition) is 0. The number of anilines is 2. The van der Waals surface area contributed by atoms with E-state index in [9.17, 15) is 0 Å². The zero-order valence-corrected chi connectivity index (χ0v) is 16.6. The number of likely N-dealkylation sites (tertiary alicyclic amines) is 1. The van der Waals surface area contributed by atoms with Crippen LogP contribution in [0.3, 0.4) is 0 Å². The zero-order valence-electron chi connectivity index (χ0n) is 16.6. The molecule has 2 aromatic rings. The van der Waals surface area contributed by atoms with E-state index in [0.717, 1.165) is 19.5 Å². The Morgan fingerprint density at radius 3 is 2.34 bits per heavy atom. The third-order valence-corrected chi connectivity index (χ3v) is 6.96. The molecule has 2 aliphatic heterocycles. The van der Waals surface area contributed by atoms with Crippen LogP contribution in [-0.4, -0.2) is 23.7 Å². The highest BCUT2D eigenvalue weighted by Crippen LogP contribution is 2.42. The molecular weight excluding hydrogens is 352 g/mol. The molecule has 0 saturated carbocycles. The largest absolute Gasteiger partial charge is 0.327 e. The Kier molecular flexibility index (Phi) is 4.05. The Morgan fingerprint density at radius 1 is 0.828 bits per heavy atom. The highest BCUT2D eigenvalue weighted by atomic mass is 15.4. The molecule has 0 N–H and O–H groups in total. The van der Waals surface area contributed by atoms with Crippen LogP contribution >= 0.6 is 0 Å². The molecule has 0 amide bonds. The first-order valence-electron chi connectivity index (χ1n) is 10.8. The van der Waals surface area contributed by atoms with Crippen molar-refractivity contribution in [2.75, 3.05) is 11.6 Å². The van der Waals surface area contributed by atoms with E-state index in [1.165, 1.54) is 28.9 Å². The smallest absolute Gasteiger partial charge is 0.0767 e. The standard InChI is InChI=1S/C27H26N2/c1-5-13-24-20(9-1)17-21-10-2-6-14-25(21)28(24)19-29-26-15-7-3-11-22(26)18-23-12-4-8-16-27(23)29/h1-15,22,26-27H,16-19H2. The van der Waals surface area contributed by atoms with Gasteiger partial charge in [0.1, 0.15) is 0 Å². The molecule has 4 aliphatic rings. The number of benzene rings is 2. The minimum absolute atomic E-state index is 0.468. The molecule has 2 aromatic carbocycles. The summed E-state index contributed by atoms with van der Waals surface area (Å²) in [6.07, 6.45) is 19.6. The van der Waals surface area contributed by atoms with Crippen molar-refractivity contribution in [1.82, 2.24) is 4.90 Å². The van der Waals surface area contributed by atoms with E-state index in [0.29, 0.717) is 18.0 Å². The van der Waals surface area contributed by atoms with Gasteiger partial charge in [0.15, 0.2) is 0 Å². The topological polar surface area (TPSA) is 6.48 Å². The van der Waals surface area contributed by atoms with Crippen LogP contribution in [0.5, 0.6) is 0 Å². The SMILES string of the molecule is C1=CCC2C(=C1)CC1C=CC=CC1N2CN1c2ccccc2Cc2ccccc21. The van der Waals surface area contributed by atoms with Crippen molar-refractivity contribution in [2.24, 2.45) is 5.92 Å². The summed E-state index contributed by atoms with van der Waals surface area (Å²) in [5.74, 6) is 0.573. The third-order valence-electron chi connectivity index (χ3n) is 6.96. The van der Waals surface area contributed by atoms with Crippen LogP contribution in [0.15, 0.2) is 96.6 Å². The first-order valence-corrected chi connectivity index (χ1v) is 10.8. The van der Waals surface area contributed by atoms with Crippen molar-refractivity contribution in [2.45, 2.75) is 31.3 Å². The molecule has 3 atom stereocenters. The van der Waals surface area contributed by atoms with E-state index in [2.05, 4.69) is 101 Å². The maximum absolute atomic E-state index is 2.74. The van der Waals surface area contributed by atoms with Crippen LogP contribution < -0.4 is 4.90 Å². The van der Waals surface area contributed by atoms with E-state index in [-0.39, 0.29) is 0 Å². The monoisotopic (exact) mass is 378 g/mol. The summed E-state index contributed by atoms with van der Waals surface area (Å²) in [4.78, 5) is 5.29. The number of para-hydroxylation sites is 2.